The summed E-state index contributed by atoms with van der Waals surface area (Å²) in [5.41, 5.74) is 4.05. The molecule has 0 unspecified atom stereocenters. The van der Waals surface area contributed by atoms with E-state index >= 15 is 0 Å². The molecule has 7 aliphatic rings. The monoisotopic (exact) mass is 881 g/mol. The smallest absolute Gasteiger partial charge is 0.201 e. The van der Waals surface area contributed by atoms with Crippen LogP contribution in [-0.4, -0.2) is 86.3 Å². The molecule has 11 nitrogen and oxygen atoms in total. The van der Waals surface area contributed by atoms with E-state index in [1.54, 1.807) is 0 Å². The summed E-state index contributed by atoms with van der Waals surface area (Å²) in [4.78, 5) is 3.09. The van der Waals surface area contributed by atoms with Crippen LogP contribution in [0.5, 0.6) is 23.0 Å². The number of rotatable bonds is 7. The number of aromatic nitrogens is 1. The first-order valence-corrected chi connectivity index (χ1v) is 24.7. The molecule has 0 amide bonds. The van der Waals surface area contributed by atoms with Gasteiger partial charge in [-0.2, -0.15) is 0 Å². The third-order valence-corrected chi connectivity index (χ3v) is 18.0. The molecule has 5 aliphatic carbocycles. The lowest BCUT2D eigenvalue weighted by Crippen LogP contribution is -2.52. The highest BCUT2D eigenvalue weighted by atomic mass is 16.5. The Morgan fingerprint density at radius 2 is 1.72 bits per heavy atom. The Hall–Kier alpha value is -3.58. The van der Waals surface area contributed by atoms with E-state index in [0.29, 0.717) is 67.7 Å². The number of aliphatic hydroxyl groups excluding tert-OH is 3. The van der Waals surface area contributed by atoms with E-state index in [2.05, 4.69) is 47.7 Å². The van der Waals surface area contributed by atoms with Crippen molar-refractivity contribution in [3.8, 4) is 23.0 Å². The van der Waals surface area contributed by atoms with Crippen molar-refractivity contribution in [2.75, 3.05) is 20.8 Å². The summed E-state index contributed by atoms with van der Waals surface area (Å²) < 4.78 is 19.7. The summed E-state index contributed by atoms with van der Waals surface area (Å²) in [7, 11) is 3.52. The molecule has 11 heteroatoms. The van der Waals surface area contributed by atoms with Gasteiger partial charge in [0.05, 0.1) is 50.3 Å². The average molecular weight is 881 g/mol. The zero-order valence-corrected chi connectivity index (χ0v) is 37.9. The van der Waals surface area contributed by atoms with Crippen molar-refractivity contribution in [2.24, 2.45) is 35.0 Å². The molecule has 10 rings (SSSR count). The number of likely N-dealkylation sites (N-methyl/N-ethyl adjacent to an activating group) is 1. The summed E-state index contributed by atoms with van der Waals surface area (Å²) in [6.45, 7) is 0.0821. The number of allylic oxidation sites excluding steroid dienone is 1. The van der Waals surface area contributed by atoms with Gasteiger partial charge < -0.3 is 55.2 Å². The molecule has 348 valence electrons. The molecule has 1 aromatic heterocycles. The van der Waals surface area contributed by atoms with E-state index < -0.39 is 42.0 Å². The highest BCUT2D eigenvalue weighted by molar-refractivity contribution is 5.64. The average Bonchev–Trinajstić information content (AvgIpc) is 4.08. The summed E-state index contributed by atoms with van der Waals surface area (Å²) in [5.74, 6) is 1.53. The summed E-state index contributed by atoms with van der Waals surface area (Å²) in [6.07, 6.45) is 21.0. The van der Waals surface area contributed by atoms with E-state index in [9.17, 15) is 30.6 Å². The fraction of sp³-hybridized carbons (Fsp3) is 0.660. The van der Waals surface area contributed by atoms with E-state index in [0.717, 1.165) is 75.5 Å². The van der Waals surface area contributed by atoms with Crippen LogP contribution in [0.1, 0.15) is 154 Å². The summed E-state index contributed by atoms with van der Waals surface area (Å²) in [5, 5.41) is 73.0. The number of ether oxygens (including phenoxy) is 3. The van der Waals surface area contributed by atoms with Gasteiger partial charge in [-0.15, -0.1) is 0 Å². The molecule has 5 fully saturated rings. The van der Waals surface area contributed by atoms with Crippen molar-refractivity contribution in [2.45, 2.75) is 164 Å². The van der Waals surface area contributed by atoms with Gasteiger partial charge in [0.2, 0.25) is 5.75 Å². The molecular formula is C53H72N2O9. The first-order chi connectivity index (χ1) is 31.0. The summed E-state index contributed by atoms with van der Waals surface area (Å²) >= 11 is 0. The van der Waals surface area contributed by atoms with Crippen molar-refractivity contribution in [1.82, 2.24) is 10.3 Å². The number of hydrogen-bond donors (Lipinski definition) is 8. The molecule has 1 saturated heterocycles. The maximum Gasteiger partial charge on any atom is 0.201 e. The number of nitrogens with one attached hydrogen (secondary N) is 2. The first kappa shape index (κ1) is 44.3. The Morgan fingerprint density at radius 3 is 2.48 bits per heavy atom. The van der Waals surface area contributed by atoms with Crippen molar-refractivity contribution in [1.29, 1.82) is 0 Å². The molecule has 2 bridgehead atoms. The number of aromatic amines is 1. The molecule has 13 atom stereocenters. The number of methoxy groups -OCH3 is 1. The number of phenols is 2. The highest BCUT2D eigenvalue weighted by Crippen LogP contribution is 2.65. The quantitative estimate of drug-likeness (QED) is 0.0853. The molecule has 0 radical (unpaired) electrons. The van der Waals surface area contributed by atoms with Crippen LogP contribution in [-0.2, 0) is 17.8 Å². The Balaban J connectivity index is 1.02. The number of aromatic hydroxyl groups is 2. The molecule has 8 N–H and O–H groups in total. The van der Waals surface area contributed by atoms with Crippen LogP contribution in [0.2, 0.25) is 0 Å². The van der Waals surface area contributed by atoms with Crippen molar-refractivity contribution in [3.63, 3.8) is 0 Å². The van der Waals surface area contributed by atoms with Crippen LogP contribution in [0, 0.1) is 35.0 Å². The fourth-order valence-electron chi connectivity index (χ4n) is 14.9. The van der Waals surface area contributed by atoms with Crippen LogP contribution < -0.4 is 14.8 Å². The second kappa shape index (κ2) is 17.9. The number of benzene rings is 2. The molecule has 64 heavy (non-hydrogen) atoms. The van der Waals surface area contributed by atoms with Crippen molar-refractivity contribution >= 4 is 0 Å². The van der Waals surface area contributed by atoms with Crippen LogP contribution in [0.15, 0.2) is 48.8 Å². The molecular weight excluding hydrogens is 809 g/mol. The number of aliphatic hydroxyl groups is 4. The van der Waals surface area contributed by atoms with Gasteiger partial charge in [-0.3, -0.25) is 0 Å². The number of H-pyrrole nitrogens is 1. The molecule has 3 heterocycles. The number of hydrogen-bond acceptors (Lipinski definition) is 10. The minimum atomic E-state index is -0.717. The van der Waals surface area contributed by atoms with Gasteiger partial charge in [0.25, 0.3) is 0 Å². The van der Waals surface area contributed by atoms with Crippen LogP contribution >= 0.6 is 0 Å². The number of fused-ring (bicyclic) bond motifs is 9. The third-order valence-electron chi connectivity index (χ3n) is 18.0. The van der Waals surface area contributed by atoms with E-state index in [-0.39, 0.29) is 52.4 Å². The third kappa shape index (κ3) is 7.97. The zero-order chi connectivity index (χ0) is 44.3. The minimum Gasteiger partial charge on any atom is -0.504 e. The van der Waals surface area contributed by atoms with Crippen molar-refractivity contribution < 1.29 is 44.8 Å². The van der Waals surface area contributed by atoms with Crippen molar-refractivity contribution in [3.05, 3.63) is 82.2 Å². The highest BCUT2D eigenvalue weighted by Gasteiger charge is 2.57. The van der Waals surface area contributed by atoms with Crippen LogP contribution in [0.4, 0.5) is 0 Å². The molecule has 4 saturated carbocycles. The summed E-state index contributed by atoms with van der Waals surface area (Å²) in [6, 6.07) is 9.17. The SMILES string of the molecule is CN[C@H]1C=C[C@@H]2[C@@H](C1)CC1(CCCC1)[C@@H]1[C@H]2c2cc([C@@H]3CC[C@@H]4[C@H](C3)O[C@H](c3c(CO)c(O)c(O)c(OC)c3Cc3cc[nH]c3)C[C@@H]4O)ccc2OCC[C@@H]2CC[C@](O)(CC[C@H]1O)C2. The van der Waals surface area contributed by atoms with E-state index in [1.165, 1.54) is 31.1 Å². The van der Waals surface area contributed by atoms with Gasteiger partial charge in [-0.1, -0.05) is 37.1 Å². The second-order valence-electron chi connectivity index (χ2n) is 21.3. The maximum absolute atomic E-state index is 12.7. The second-order valence-corrected chi connectivity index (χ2v) is 21.3. The lowest BCUT2D eigenvalue weighted by Gasteiger charge is -2.56. The van der Waals surface area contributed by atoms with Gasteiger partial charge in [0.1, 0.15) is 5.75 Å². The minimum absolute atomic E-state index is 0.0286. The van der Waals surface area contributed by atoms with Gasteiger partial charge in [0, 0.05) is 48.3 Å². The normalized spacial score (nSPS) is 37.0. The predicted octanol–water partition coefficient (Wildman–Crippen LogP) is 8.19. The number of phenolic OH excluding ortho intramolecular Hbond substituents is 1. The fourth-order valence-corrected chi connectivity index (χ4v) is 14.9. The van der Waals surface area contributed by atoms with Gasteiger partial charge in [0.15, 0.2) is 11.5 Å². The Labute approximate surface area is 378 Å². The maximum atomic E-state index is 12.7. The molecule has 1 spiro atoms. The van der Waals surface area contributed by atoms with Crippen LogP contribution in [0.3, 0.4) is 0 Å². The van der Waals surface area contributed by atoms with E-state index in [1.807, 2.05) is 18.5 Å². The first-order valence-electron chi connectivity index (χ1n) is 24.7. The van der Waals surface area contributed by atoms with Gasteiger partial charge >= 0.3 is 0 Å². The zero-order valence-electron chi connectivity index (χ0n) is 37.9. The standard InChI is InChI=1S/C53H72N2O9/c1-54-35-7-9-36-34(22-35)27-52(15-3-4-16-52)48-41(57)12-18-53(61)17-11-30(26-53)14-20-63-43-10-6-32(23-38(43)47(36)48)33-5-8-37-42(58)25-45(64-44(37)24-33)46-39(21-31-13-19-55-28-31)51(62-2)50(60)49(59)40(46)29-56/h6-7,9-10,13,19,23,28,30,33-37,41-42,44-45,47-48,54-61H,3-5,8,11-12,14-18,20-22,24-27,29H2,1-2H3/t30-,33+,34-,35-,36+,37-,41+,42-,44-,45-,47+,48-,53-/m0/s1. The lowest BCUT2D eigenvalue weighted by molar-refractivity contribution is -0.154. The van der Waals surface area contributed by atoms with Crippen LogP contribution in [0.25, 0.3) is 0 Å². The molecule has 2 aromatic carbocycles. The molecule has 3 aromatic rings. The predicted molar refractivity (Wildman–Crippen MR) is 244 cm³/mol. The Morgan fingerprint density at radius 1 is 0.891 bits per heavy atom. The van der Waals surface area contributed by atoms with Gasteiger partial charge in [-0.25, -0.2) is 0 Å². The van der Waals surface area contributed by atoms with Gasteiger partial charge in [-0.05, 0) is 166 Å². The molecule has 2 aliphatic heterocycles. The topological polar surface area (TPSA) is 177 Å². The Kier molecular flexibility index (Phi) is 12.4. The lowest BCUT2D eigenvalue weighted by atomic mass is 9.49. The Bertz CT molecular complexity index is 2150. The largest absolute Gasteiger partial charge is 0.504 e. The van der Waals surface area contributed by atoms with E-state index in [4.69, 9.17) is 14.2 Å².